The minimum absolute atomic E-state index is 0.0701. The molecule has 0 spiro atoms. The maximum atomic E-state index is 14.8. The number of carbonyl (C=O) groups excluding carboxylic acids is 4. The van der Waals surface area contributed by atoms with E-state index in [2.05, 4.69) is 10.3 Å². The van der Waals surface area contributed by atoms with Gasteiger partial charge in [-0.1, -0.05) is 23.8 Å². The number of halogens is 1. The molecular formula is C38H37FN4O5. The summed E-state index contributed by atoms with van der Waals surface area (Å²) in [6, 6.07) is 17.7. The molecule has 1 atom stereocenters. The third kappa shape index (κ3) is 6.69. The van der Waals surface area contributed by atoms with Gasteiger partial charge in [-0.2, -0.15) is 0 Å². The molecule has 3 aromatic carbocycles. The molecule has 1 fully saturated rings. The normalized spacial score (nSPS) is 18.9. The van der Waals surface area contributed by atoms with Gasteiger partial charge in [0.05, 0.1) is 16.8 Å². The fraction of sp³-hybridized carbons (Fsp3) is 0.289. The number of nitrogens with one attached hydrogen (secondary N) is 1. The van der Waals surface area contributed by atoms with Crippen molar-refractivity contribution in [1.29, 1.82) is 0 Å². The third-order valence-electron chi connectivity index (χ3n) is 9.21. The molecule has 48 heavy (non-hydrogen) atoms. The van der Waals surface area contributed by atoms with Crippen LogP contribution in [0.4, 0.5) is 10.1 Å². The number of esters is 1. The Morgan fingerprint density at radius 1 is 0.958 bits per heavy atom. The molecule has 10 heteroatoms. The molecule has 246 valence electrons. The van der Waals surface area contributed by atoms with E-state index in [1.54, 1.807) is 50.6 Å². The zero-order valence-corrected chi connectivity index (χ0v) is 27.3. The summed E-state index contributed by atoms with van der Waals surface area (Å²) >= 11 is 0. The summed E-state index contributed by atoms with van der Waals surface area (Å²) in [6.07, 6.45) is 4.37. The zero-order valence-electron chi connectivity index (χ0n) is 27.3. The van der Waals surface area contributed by atoms with E-state index in [0.717, 1.165) is 28.3 Å². The van der Waals surface area contributed by atoms with Crippen LogP contribution in [0.3, 0.4) is 0 Å². The van der Waals surface area contributed by atoms with Crippen molar-refractivity contribution in [2.45, 2.75) is 52.3 Å². The molecule has 0 unspecified atom stereocenters. The van der Waals surface area contributed by atoms with Crippen molar-refractivity contribution in [3.8, 4) is 11.1 Å². The Labute approximate surface area is 278 Å². The highest BCUT2D eigenvalue weighted by molar-refractivity contribution is 6.11. The molecule has 1 saturated carbocycles. The van der Waals surface area contributed by atoms with Gasteiger partial charge in [0.25, 0.3) is 11.8 Å². The van der Waals surface area contributed by atoms with E-state index in [-0.39, 0.29) is 41.9 Å². The largest absolute Gasteiger partial charge is 0.459 e. The number of fused-ring (bicyclic) bond motifs is 1. The molecule has 3 amide bonds. The first-order valence-corrected chi connectivity index (χ1v) is 16.0. The summed E-state index contributed by atoms with van der Waals surface area (Å²) in [7, 11) is 1.63. The summed E-state index contributed by atoms with van der Waals surface area (Å²) in [5.74, 6) is -1.97. The average molecular weight is 649 g/mol. The highest BCUT2D eigenvalue weighted by Gasteiger charge is 2.36. The molecule has 1 aliphatic carbocycles. The second-order valence-corrected chi connectivity index (χ2v) is 12.7. The number of anilines is 1. The Morgan fingerprint density at radius 3 is 2.44 bits per heavy atom. The lowest BCUT2D eigenvalue weighted by atomic mass is 9.82. The van der Waals surface area contributed by atoms with E-state index < -0.39 is 17.8 Å². The topological polar surface area (TPSA) is 109 Å². The molecule has 1 aliphatic heterocycles. The second kappa shape index (κ2) is 13.4. The van der Waals surface area contributed by atoms with Crippen LogP contribution in [0, 0.1) is 25.6 Å². The number of aryl methyl sites for hydroxylation is 2. The van der Waals surface area contributed by atoms with Gasteiger partial charge in [0.1, 0.15) is 18.0 Å². The first kappa shape index (κ1) is 32.6. The Hall–Kier alpha value is -5.38. The molecule has 2 heterocycles. The van der Waals surface area contributed by atoms with Crippen LogP contribution in [0.15, 0.2) is 79.1 Å². The smallest absolute Gasteiger partial charge is 0.338 e. The Kier molecular flexibility index (Phi) is 9.08. The SMILES string of the molecule is Cc1ccc(C(=O)OC2CC(CNC(=O)c3cc(F)cc(CN4C(=O)c5ccc(-c6ccncc6)cc5N(C)C(=O)[C@H]4C)c3)C2)c(C)c1. The van der Waals surface area contributed by atoms with Gasteiger partial charge < -0.3 is 19.9 Å². The van der Waals surface area contributed by atoms with Crippen LogP contribution >= 0.6 is 0 Å². The Morgan fingerprint density at radius 2 is 1.71 bits per heavy atom. The van der Waals surface area contributed by atoms with Crippen LogP contribution in [-0.2, 0) is 16.1 Å². The average Bonchev–Trinajstić information content (AvgIpc) is 3.11. The summed E-state index contributed by atoms with van der Waals surface area (Å²) in [4.78, 5) is 59.9. The van der Waals surface area contributed by atoms with E-state index in [4.69, 9.17) is 4.74 Å². The Balaban J connectivity index is 1.10. The van der Waals surface area contributed by atoms with Gasteiger partial charge >= 0.3 is 5.97 Å². The fourth-order valence-corrected chi connectivity index (χ4v) is 6.39. The summed E-state index contributed by atoms with van der Waals surface area (Å²) in [6.45, 7) is 5.77. The number of pyridine rings is 1. The van der Waals surface area contributed by atoms with E-state index in [9.17, 15) is 23.6 Å². The zero-order chi connectivity index (χ0) is 34.1. The monoisotopic (exact) mass is 648 g/mol. The standard InChI is InChI=1S/C38H37FN4O5/c1-22-5-7-32(23(2)13-22)38(47)48-31-16-25(17-31)20-41-35(44)29-14-26(15-30(39)18-29)21-43-24(3)36(45)42(4)34-19-28(6-8-33(34)37(43)46)27-9-11-40-12-10-27/h5-15,18-19,24-25,31H,16-17,20-21H2,1-4H3,(H,41,44)/t24-,25?,31?/m1/s1. The molecular weight excluding hydrogens is 611 g/mol. The van der Waals surface area contributed by atoms with E-state index in [0.29, 0.717) is 41.8 Å². The molecule has 0 saturated heterocycles. The number of hydrogen-bond donors (Lipinski definition) is 1. The quantitative estimate of drug-likeness (QED) is 0.239. The number of amides is 3. The second-order valence-electron chi connectivity index (χ2n) is 12.7. The lowest BCUT2D eigenvalue weighted by Gasteiger charge is -2.34. The summed E-state index contributed by atoms with van der Waals surface area (Å²) < 4.78 is 20.5. The molecule has 2 aliphatic rings. The molecule has 1 N–H and O–H groups in total. The predicted molar refractivity (Wildman–Crippen MR) is 179 cm³/mol. The number of benzene rings is 3. The van der Waals surface area contributed by atoms with Crippen molar-refractivity contribution in [3.05, 3.63) is 118 Å². The molecule has 0 bridgehead atoms. The first-order chi connectivity index (χ1) is 23.0. The van der Waals surface area contributed by atoms with Crippen LogP contribution < -0.4 is 10.2 Å². The van der Waals surface area contributed by atoms with Crippen molar-refractivity contribution in [3.63, 3.8) is 0 Å². The van der Waals surface area contributed by atoms with Crippen LogP contribution in [-0.4, -0.2) is 59.3 Å². The number of rotatable bonds is 8. The van der Waals surface area contributed by atoms with E-state index >= 15 is 0 Å². The minimum Gasteiger partial charge on any atom is -0.459 e. The van der Waals surface area contributed by atoms with Gasteiger partial charge in [0.15, 0.2) is 0 Å². The van der Waals surface area contributed by atoms with Crippen molar-refractivity contribution < 1.29 is 28.3 Å². The van der Waals surface area contributed by atoms with Crippen molar-refractivity contribution in [2.24, 2.45) is 5.92 Å². The number of aromatic nitrogens is 1. The van der Waals surface area contributed by atoms with Gasteiger partial charge in [-0.3, -0.25) is 19.4 Å². The van der Waals surface area contributed by atoms with E-state index in [1.807, 2.05) is 44.2 Å². The number of carbonyl (C=O) groups is 4. The van der Waals surface area contributed by atoms with Crippen LogP contribution in [0.5, 0.6) is 0 Å². The fourth-order valence-electron chi connectivity index (χ4n) is 6.39. The number of hydrogen-bond acceptors (Lipinski definition) is 6. The Bertz CT molecular complexity index is 1910. The van der Waals surface area contributed by atoms with E-state index in [1.165, 1.54) is 15.9 Å². The lowest BCUT2D eigenvalue weighted by molar-refractivity contribution is -0.122. The van der Waals surface area contributed by atoms with Crippen LogP contribution in [0.25, 0.3) is 11.1 Å². The highest BCUT2D eigenvalue weighted by atomic mass is 19.1. The number of ether oxygens (including phenoxy) is 1. The molecule has 9 nitrogen and oxygen atoms in total. The minimum atomic E-state index is -0.838. The summed E-state index contributed by atoms with van der Waals surface area (Å²) in [5.41, 5.74) is 5.54. The maximum absolute atomic E-state index is 14.8. The highest BCUT2D eigenvalue weighted by Crippen LogP contribution is 2.33. The van der Waals surface area contributed by atoms with Crippen LogP contribution in [0.2, 0.25) is 0 Å². The summed E-state index contributed by atoms with van der Waals surface area (Å²) in [5, 5.41) is 2.86. The number of nitrogens with zero attached hydrogens (tertiary/aromatic N) is 3. The van der Waals surface area contributed by atoms with Crippen molar-refractivity contribution in [2.75, 3.05) is 18.5 Å². The van der Waals surface area contributed by atoms with Crippen molar-refractivity contribution >= 4 is 29.4 Å². The van der Waals surface area contributed by atoms with Crippen molar-refractivity contribution in [1.82, 2.24) is 15.2 Å². The van der Waals surface area contributed by atoms with Gasteiger partial charge in [0.2, 0.25) is 5.91 Å². The molecule has 0 radical (unpaired) electrons. The van der Waals surface area contributed by atoms with Gasteiger partial charge in [-0.05, 0) is 110 Å². The molecule has 6 rings (SSSR count). The molecule has 4 aromatic rings. The number of likely N-dealkylation sites (N-methyl/N-ethyl adjacent to an activating group) is 1. The first-order valence-electron chi connectivity index (χ1n) is 16.0. The van der Waals surface area contributed by atoms with Gasteiger partial charge in [-0.25, -0.2) is 9.18 Å². The van der Waals surface area contributed by atoms with Gasteiger partial charge in [0, 0.05) is 38.1 Å². The third-order valence-corrected chi connectivity index (χ3v) is 9.21. The van der Waals surface area contributed by atoms with Gasteiger partial charge in [-0.15, -0.1) is 0 Å². The maximum Gasteiger partial charge on any atom is 0.338 e. The van der Waals surface area contributed by atoms with Crippen LogP contribution in [0.1, 0.15) is 67.5 Å². The lowest BCUT2D eigenvalue weighted by Crippen LogP contribution is -2.45. The predicted octanol–water partition coefficient (Wildman–Crippen LogP) is 5.88. The molecule has 1 aromatic heterocycles.